The maximum atomic E-state index is 6.05. The van der Waals surface area contributed by atoms with Gasteiger partial charge in [0.25, 0.3) is 0 Å². The summed E-state index contributed by atoms with van der Waals surface area (Å²) in [4.78, 5) is 0. The van der Waals surface area contributed by atoms with E-state index in [9.17, 15) is 0 Å². The average molecular weight is 287 g/mol. The van der Waals surface area contributed by atoms with Crippen LogP contribution < -0.4 is 15.2 Å². The zero-order valence-corrected chi connectivity index (χ0v) is 11.6. The smallest absolute Gasteiger partial charge is 0.161 e. The van der Waals surface area contributed by atoms with Crippen molar-refractivity contribution in [2.24, 2.45) is 0 Å². The minimum Gasteiger partial charge on any atom is -0.486 e. The summed E-state index contributed by atoms with van der Waals surface area (Å²) in [7, 11) is 0. The van der Waals surface area contributed by atoms with Crippen LogP contribution in [-0.2, 0) is 4.74 Å². The highest BCUT2D eigenvalue weighted by Crippen LogP contribution is 2.40. The molecule has 0 radical (unpaired) electrons. The lowest BCUT2D eigenvalue weighted by atomic mass is 10.0. The molecular formula is C15H17N3O3. The van der Waals surface area contributed by atoms with Crippen molar-refractivity contribution < 1.29 is 14.2 Å². The van der Waals surface area contributed by atoms with Gasteiger partial charge < -0.3 is 19.9 Å². The van der Waals surface area contributed by atoms with Gasteiger partial charge >= 0.3 is 0 Å². The third-order valence-electron chi connectivity index (χ3n) is 3.90. The molecule has 2 aromatic rings. The number of hydrogen-bond donors (Lipinski definition) is 2. The molecule has 1 fully saturated rings. The van der Waals surface area contributed by atoms with Gasteiger partial charge in [-0.2, -0.15) is 5.10 Å². The predicted molar refractivity (Wildman–Crippen MR) is 77.4 cm³/mol. The molecule has 1 saturated heterocycles. The Labute approximate surface area is 122 Å². The van der Waals surface area contributed by atoms with Crippen molar-refractivity contribution in [1.82, 2.24) is 10.2 Å². The maximum absolute atomic E-state index is 6.05. The van der Waals surface area contributed by atoms with E-state index in [4.69, 9.17) is 19.9 Å². The van der Waals surface area contributed by atoms with Gasteiger partial charge in [0.15, 0.2) is 17.3 Å². The fraction of sp³-hybridized carbons (Fsp3) is 0.400. The topological polar surface area (TPSA) is 82.4 Å². The van der Waals surface area contributed by atoms with Crippen molar-refractivity contribution >= 4 is 5.82 Å². The molecule has 0 spiro atoms. The molecular weight excluding hydrogens is 270 g/mol. The third kappa shape index (κ3) is 2.12. The van der Waals surface area contributed by atoms with Crippen molar-refractivity contribution in [1.29, 1.82) is 0 Å². The van der Waals surface area contributed by atoms with E-state index in [1.807, 2.05) is 18.2 Å². The van der Waals surface area contributed by atoms with Crippen LogP contribution in [0.5, 0.6) is 11.5 Å². The number of aromatic nitrogens is 2. The van der Waals surface area contributed by atoms with Gasteiger partial charge in [0.1, 0.15) is 13.2 Å². The normalized spacial score (nSPS) is 20.7. The quantitative estimate of drug-likeness (QED) is 0.885. The minimum atomic E-state index is 0.0398. The number of anilines is 1. The highest BCUT2D eigenvalue weighted by molar-refractivity contribution is 5.78. The van der Waals surface area contributed by atoms with Gasteiger partial charge in [-0.1, -0.05) is 6.07 Å². The Kier molecular flexibility index (Phi) is 2.96. The fourth-order valence-electron chi connectivity index (χ4n) is 2.91. The lowest BCUT2D eigenvalue weighted by Gasteiger charge is -2.19. The van der Waals surface area contributed by atoms with Gasteiger partial charge in [0, 0.05) is 12.2 Å². The summed E-state index contributed by atoms with van der Waals surface area (Å²) in [5, 5.41) is 7.17. The Morgan fingerprint density at radius 3 is 2.81 bits per heavy atom. The van der Waals surface area contributed by atoms with Crippen molar-refractivity contribution in [3.05, 3.63) is 23.9 Å². The van der Waals surface area contributed by atoms with Crippen LogP contribution in [0.25, 0.3) is 11.1 Å². The second-order valence-corrected chi connectivity index (χ2v) is 5.26. The Morgan fingerprint density at radius 1 is 1.14 bits per heavy atom. The van der Waals surface area contributed by atoms with Crippen LogP contribution in [0.3, 0.4) is 0 Å². The Hall–Kier alpha value is -2.21. The number of nitrogens with zero attached hydrogens (tertiary/aromatic N) is 1. The molecule has 6 heteroatoms. The van der Waals surface area contributed by atoms with Crippen LogP contribution in [0, 0.1) is 0 Å². The van der Waals surface area contributed by atoms with Gasteiger partial charge in [-0.15, -0.1) is 0 Å². The van der Waals surface area contributed by atoms with Gasteiger partial charge in [0.05, 0.1) is 11.8 Å². The molecule has 0 saturated carbocycles. The van der Waals surface area contributed by atoms with Crippen LogP contribution in [0.2, 0.25) is 0 Å². The Morgan fingerprint density at radius 2 is 2.00 bits per heavy atom. The first-order valence-electron chi connectivity index (χ1n) is 7.18. The zero-order valence-electron chi connectivity index (χ0n) is 11.6. The van der Waals surface area contributed by atoms with Crippen LogP contribution in [0.1, 0.15) is 24.6 Å². The first kappa shape index (κ1) is 12.5. The van der Waals surface area contributed by atoms with E-state index in [0.717, 1.165) is 47.8 Å². The number of benzene rings is 1. The van der Waals surface area contributed by atoms with Crippen LogP contribution in [0.15, 0.2) is 18.2 Å². The molecule has 0 amide bonds. The second-order valence-electron chi connectivity index (χ2n) is 5.26. The number of H-pyrrole nitrogens is 1. The predicted octanol–water partition coefficient (Wildman–Crippen LogP) is 2.28. The van der Waals surface area contributed by atoms with Gasteiger partial charge in [-0.05, 0) is 30.5 Å². The average Bonchev–Trinajstić information content (AvgIpc) is 3.16. The SMILES string of the molecule is Nc1n[nH]c(C2CCCO2)c1-c1ccc2c(c1)OCCO2. The van der Waals surface area contributed by atoms with Crippen molar-refractivity contribution in [2.45, 2.75) is 18.9 Å². The molecule has 1 aromatic heterocycles. The number of ether oxygens (including phenoxy) is 3. The number of nitrogens with one attached hydrogen (secondary N) is 1. The Bertz CT molecular complexity index is 662. The summed E-state index contributed by atoms with van der Waals surface area (Å²) in [5.41, 5.74) is 8.86. The molecule has 6 nitrogen and oxygen atoms in total. The number of nitrogens with two attached hydrogens (primary N) is 1. The van der Waals surface area contributed by atoms with Crippen LogP contribution in [-0.4, -0.2) is 30.0 Å². The minimum absolute atomic E-state index is 0.0398. The molecule has 21 heavy (non-hydrogen) atoms. The second kappa shape index (κ2) is 4.96. The zero-order chi connectivity index (χ0) is 14.2. The molecule has 0 bridgehead atoms. The molecule has 110 valence electrons. The summed E-state index contributed by atoms with van der Waals surface area (Å²) >= 11 is 0. The van der Waals surface area contributed by atoms with Crippen LogP contribution >= 0.6 is 0 Å². The molecule has 3 heterocycles. The number of rotatable bonds is 2. The highest BCUT2D eigenvalue weighted by Gasteiger charge is 2.26. The molecule has 2 aliphatic heterocycles. The van der Waals surface area contributed by atoms with Crippen LogP contribution in [0.4, 0.5) is 5.82 Å². The van der Waals surface area contributed by atoms with Crippen molar-refractivity contribution in [3.63, 3.8) is 0 Å². The molecule has 1 unspecified atom stereocenters. The van der Waals surface area contributed by atoms with Gasteiger partial charge in [-0.3, -0.25) is 5.10 Å². The standard InChI is InChI=1S/C15H17N3O3/c16-15-13(14(17-18-15)11-2-1-5-19-11)9-3-4-10-12(8-9)21-7-6-20-10/h3-4,8,11H,1-2,5-7H2,(H3,16,17,18). The van der Waals surface area contributed by atoms with Crippen molar-refractivity contribution in [2.75, 3.05) is 25.6 Å². The lowest BCUT2D eigenvalue weighted by Crippen LogP contribution is -2.15. The number of fused-ring (bicyclic) bond motifs is 1. The monoisotopic (exact) mass is 287 g/mol. The largest absolute Gasteiger partial charge is 0.486 e. The summed E-state index contributed by atoms with van der Waals surface area (Å²) in [5.74, 6) is 2.00. The third-order valence-corrected chi connectivity index (χ3v) is 3.90. The summed E-state index contributed by atoms with van der Waals surface area (Å²) in [6.45, 7) is 1.93. The summed E-state index contributed by atoms with van der Waals surface area (Å²) < 4.78 is 16.9. The van der Waals surface area contributed by atoms with E-state index < -0.39 is 0 Å². The van der Waals surface area contributed by atoms with Gasteiger partial charge in [-0.25, -0.2) is 0 Å². The first-order valence-corrected chi connectivity index (χ1v) is 7.18. The first-order chi connectivity index (χ1) is 10.3. The van der Waals surface area contributed by atoms with Crippen molar-refractivity contribution in [3.8, 4) is 22.6 Å². The molecule has 0 aliphatic carbocycles. The summed E-state index contributed by atoms with van der Waals surface area (Å²) in [6, 6.07) is 5.84. The van der Waals surface area contributed by atoms with E-state index in [0.29, 0.717) is 19.0 Å². The number of nitrogen functional groups attached to an aromatic ring is 1. The number of hydrogen-bond acceptors (Lipinski definition) is 5. The van der Waals surface area contributed by atoms with Gasteiger partial charge in [0.2, 0.25) is 0 Å². The Balaban J connectivity index is 1.77. The molecule has 3 N–H and O–H groups in total. The highest BCUT2D eigenvalue weighted by atomic mass is 16.6. The summed E-state index contributed by atoms with van der Waals surface area (Å²) in [6.07, 6.45) is 2.08. The van der Waals surface area contributed by atoms with E-state index in [2.05, 4.69) is 10.2 Å². The molecule has 4 rings (SSSR count). The number of aromatic amines is 1. The van der Waals surface area contributed by atoms with E-state index in [1.165, 1.54) is 0 Å². The van der Waals surface area contributed by atoms with E-state index in [-0.39, 0.29) is 6.10 Å². The fourth-order valence-corrected chi connectivity index (χ4v) is 2.91. The molecule has 2 aliphatic rings. The lowest BCUT2D eigenvalue weighted by molar-refractivity contribution is 0.109. The van der Waals surface area contributed by atoms with E-state index in [1.54, 1.807) is 0 Å². The van der Waals surface area contributed by atoms with E-state index >= 15 is 0 Å². The molecule has 1 aromatic carbocycles. The molecule has 1 atom stereocenters. The maximum Gasteiger partial charge on any atom is 0.161 e.